The van der Waals surface area contributed by atoms with Gasteiger partial charge in [-0.05, 0) is 58.9 Å². The Hall–Kier alpha value is -2.73. The summed E-state index contributed by atoms with van der Waals surface area (Å²) in [6.07, 6.45) is -1.17. The lowest BCUT2D eigenvalue weighted by Crippen LogP contribution is -2.57. The number of rotatable bonds is 4. The predicted octanol–water partition coefficient (Wildman–Crippen LogP) is 5.24. The van der Waals surface area contributed by atoms with Crippen LogP contribution in [0.2, 0.25) is 5.02 Å². The van der Waals surface area contributed by atoms with Crippen LogP contribution in [0.25, 0.3) is 0 Å². The summed E-state index contributed by atoms with van der Waals surface area (Å²) >= 11 is 6.05. The lowest BCUT2D eigenvalue weighted by atomic mass is 10.1. The number of carbonyl (C=O) groups is 2. The maximum atomic E-state index is 13.5. The zero-order valence-corrected chi connectivity index (χ0v) is 20.1. The maximum absolute atomic E-state index is 13.5. The number of hydrogen-bond acceptors (Lipinski definition) is 4. The summed E-state index contributed by atoms with van der Waals surface area (Å²) in [7, 11) is 0. The van der Waals surface area contributed by atoms with E-state index in [2.05, 4.69) is 0 Å². The van der Waals surface area contributed by atoms with E-state index in [1.54, 1.807) is 34.1 Å². The third-order valence-electron chi connectivity index (χ3n) is 5.24. The van der Waals surface area contributed by atoms with Crippen molar-refractivity contribution in [2.45, 2.75) is 52.4 Å². The Balaban J connectivity index is 1.77. The van der Waals surface area contributed by atoms with E-state index in [1.807, 2.05) is 58.9 Å². The summed E-state index contributed by atoms with van der Waals surface area (Å²) in [6.45, 7) is 10.7. The van der Waals surface area contributed by atoms with Gasteiger partial charge < -0.3 is 19.3 Å². The Morgan fingerprint density at radius 2 is 1.66 bits per heavy atom. The average molecular weight is 459 g/mol. The minimum Gasteiger partial charge on any atom is -0.476 e. The van der Waals surface area contributed by atoms with Crippen LogP contribution < -0.4 is 4.74 Å². The average Bonchev–Trinajstić information content (AvgIpc) is 2.72. The molecule has 172 valence electrons. The van der Waals surface area contributed by atoms with Crippen LogP contribution in [0.15, 0.2) is 48.5 Å². The lowest BCUT2D eigenvalue weighted by molar-refractivity contribution is -0.142. The standard InChI is InChI=1S/C25H31ClN2O4/c1-17-6-12-21(13-7-17)31-22(19-8-10-20(26)11-9-19)23(29)27-14-15-28(18(2)16-27)24(30)32-25(3,4)5/h6-13,18,22H,14-16H2,1-5H3/t18-,22?/m1/s1. The van der Waals surface area contributed by atoms with Crippen molar-refractivity contribution in [1.82, 2.24) is 9.80 Å². The van der Waals surface area contributed by atoms with E-state index in [-0.39, 0.29) is 18.0 Å². The predicted molar refractivity (Wildman–Crippen MR) is 125 cm³/mol. The Labute approximate surface area is 195 Å². The summed E-state index contributed by atoms with van der Waals surface area (Å²) in [5.74, 6) is 0.466. The minimum absolute atomic E-state index is 0.149. The molecule has 1 aliphatic heterocycles. The molecule has 32 heavy (non-hydrogen) atoms. The topological polar surface area (TPSA) is 59.1 Å². The van der Waals surface area contributed by atoms with Gasteiger partial charge in [-0.1, -0.05) is 41.4 Å². The molecule has 2 aromatic carbocycles. The molecule has 2 amide bonds. The Bertz CT molecular complexity index is 938. The largest absolute Gasteiger partial charge is 0.476 e. The fourth-order valence-corrected chi connectivity index (χ4v) is 3.69. The van der Waals surface area contributed by atoms with E-state index >= 15 is 0 Å². The number of benzene rings is 2. The van der Waals surface area contributed by atoms with Crippen molar-refractivity contribution >= 4 is 23.6 Å². The van der Waals surface area contributed by atoms with Gasteiger partial charge in [-0.3, -0.25) is 4.79 Å². The number of halogens is 1. The van der Waals surface area contributed by atoms with Gasteiger partial charge >= 0.3 is 6.09 Å². The van der Waals surface area contributed by atoms with Crippen molar-refractivity contribution in [2.75, 3.05) is 19.6 Å². The second kappa shape index (κ2) is 9.82. The van der Waals surface area contributed by atoms with Gasteiger partial charge in [-0.2, -0.15) is 0 Å². The molecule has 1 heterocycles. The van der Waals surface area contributed by atoms with E-state index in [1.165, 1.54) is 0 Å². The highest BCUT2D eigenvalue weighted by Crippen LogP contribution is 2.27. The first-order chi connectivity index (χ1) is 15.0. The molecule has 0 aromatic heterocycles. The number of piperazine rings is 1. The normalized spacial score (nSPS) is 17.6. The van der Waals surface area contributed by atoms with Crippen molar-refractivity contribution in [3.8, 4) is 5.75 Å². The van der Waals surface area contributed by atoms with Crippen molar-refractivity contribution in [2.24, 2.45) is 0 Å². The lowest BCUT2D eigenvalue weighted by Gasteiger charge is -2.41. The van der Waals surface area contributed by atoms with Crippen molar-refractivity contribution < 1.29 is 19.1 Å². The highest BCUT2D eigenvalue weighted by Gasteiger charge is 2.36. The van der Waals surface area contributed by atoms with Crippen molar-refractivity contribution in [1.29, 1.82) is 0 Å². The van der Waals surface area contributed by atoms with Gasteiger partial charge in [0, 0.05) is 36.3 Å². The first-order valence-corrected chi connectivity index (χ1v) is 11.2. The summed E-state index contributed by atoms with van der Waals surface area (Å²) < 4.78 is 11.7. The van der Waals surface area contributed by atoms with Gasteiger partial charge in [0.05, 0.1) is 0 Å². The first-order valence-electron chi connectivity index (χ1n) is 10.8. The highest BCUT2D eigenvalue weighted by molar-refractivity contribution is 6.30. The van der Waals surface area contributed by atoms with Crippen molar-refractivity contribution in [3.63, 3.8) is 0 Å². The summed E-state index contributed by atoms with van der Waals surface area (Å²) in [6, 6.07) is 14.5. The third kappa shape index (κ3) is 6.16. The monoisotopic (exact) mass is 458 g/mol. The van der Waals surface area contributed by atoms with Gasteiger partial charge in [0.25, 0.3) is 5.91 Å². The Morgan fingerprint density at radius 3 is 2.22 bits per heavy atom. The molecule has 1 unspecified atom stereocenters. The smallest absolute Gasteiger partial charge is 0.410 e. The number of hydrogen-bond donors (Lipinski definition) is 0. The molecular formula is C25H31ClN2O4. The fraction of sp³-hybridized carbons (Fsp3) is 0.440. The second-order valence-corrected chi connectivity index (χ2v) is 9.61. The minimum atomic E-state index is -0.810. The fourth-order valence-electron chi connectivity index (χ4n) is 3.57. The van der Waals surface area contributed by atoms with Gasteiger partial charge in [-0.15, -0.1) is 0 Å². The van der Waals surface area contributed by atoms with Gasteiger partial charge in [0.1, 0.15) is 11.4 Å². The summed E-state index contributed by atoms with van der Waals surface area (Å²) in [5.41, 5.74) is 1.27. The van der Waals surface area contributed by atoms with Crippen molar-refractivity contribution in [3.05, 3.63) is 64.7 Å². The molecule has 0 saturated carbocycles. The van der Waals surface area contributed by atoms with E-state index in [9.17, 15) is 9.59 Å². The van der Waals surface area contributed by atoms with Gasteiger partial charge in [0.15, 0.2) is 0 Å². The van der Waals surface area contributed by atoms with Gasteiger partial charge in [-0.25, -0.2) is 4.79 Å². The van der Waals surface area contributed by atoms with Gasteiger partial charge in [0.2, 0.25) is 6.10 Å². The Kier molecular flexibility index (Phi) is 7.34. The van der Waals surface area contributed by atoms with Crippen LogP contribution in [0.5, 0.6) is 5.75 Å². The van der Waals surface area contributed by atoms with E-state index in [4.69, 9.17) is 21.1 Å². The van der Waals surface area contributed by atoms with E-state index < -0.39 is 11.7 Å². The molecule has 0 N–H and O–H groups in total. The zero-order valence-electron chi connectivity index (χ0n) is 19.3. The molecule has 7 heteroatoms. The number of carbonyl (C=O) groups excluding carboxylic acids is 2. The van der Waals surface area contributed by atoms with Crippen LogP contribution in [0.3, 0.4) is 0 Å². The molecule has 0 bridgehead atoms. The molecule has 6 nitrogen and oxygen atoms in total. The van der Waals surface area contributed by atoms with Crippen LogP contribution in [-0.2, 0) is 9.53 Å². The van der Waals surface area contributed by atoms with E-state index in [0.29, 0.717) is 30.4 Å². The quantitative estimate of drug-likeness (QED) is 0.628. The van der Waals surface area contributed by atoms with Crippen LogP contribution >= 0.6 is 11.6 Å². The molecular weight excluding hydrogens is 428 g/mol. The molecule has 0 aliphatic carbocycles. The van der Waals surface area contributed by atoms with E-state index in [0.717, 1.165) is 11.1 Å². The SMILES string of the molecule is Cc1ccc(OC(C(=O)N2CCN(C(=O)OC(C)(C)C)[C@H](C)C2)c2ccc(Cl)cc2)cc1. The third-order valence-corrected chi connectivity index (χ3v) is 5.49. The van der Waals surface area contributed by atoms with Crippen LogP contribution in [-0.4, -0.2) is 53.1 Å². The molecule has 1 aliphatic rings. The highest BCUT2D eigenvalue weighted by atomic mass is 35.5. The molecule has 0 spiro atoms. The summed E-state index contributed by atoms with van der Waals surface area (Å²) in [5, 5.41) is 0.592. The molecule has 0 radical (unpaired) electrons. The van der Waals surface area contributed by atoms with Crippen LogP contribution in [0.1, 0.15) is 44.9 Å². The molecule has 1 saturated heterocycles. The molecule has 3 rings (SSSR count). The number of nitrogens with zero attached hydrogens (tertiary/aromatic N) is 2. The Morgan fingerprint density at radius 1 is 1.03 bits per heavy atom. The summed E-state index contributed by atoms with van der Waals surface area (Å²) in [4.78, 5) is 29.5. The maximum Gasteiger partial charge on any atom is 0.410 e. The molecule has 1 fully saturated rings. The molecule has 2 atom stereocenters. The first kappa shape index (κ1) is 23.9. The second-order valence-electron chi connectivity index (χ2n) is 9.17. The van der Waals surface area contributed by atoms with Crippen LogP contribution in [0, 0.1) is 6.92 Å². The van der Waals surface area contributed by atoms with Crippen LogP contribution in [0.4, 0.5) is 4.79 Å². The zero-order chi connectivity index (χ0) is 23.5. The number of aryl methyl sites for hydroxylation is 1. The number of ether oxygens (including phenoxy) is 2. The number of amides is 2. The molecule has 2 aromatic rings.